The summed E-state index contributed by atoms with van der Waals surface area (Å²) in [6.45, 7) is 6.06. The van der Waals surface area contributed by atoms with Gasteiger partial charge in [-0.3, -0.25) is 14.7 Å². The third-order valence-corrected chi connectivity index (χ3v) is 6.07. The summed E-state index contributed by atoms with van der Waals surface area (Å²) in [7, 11) is 3.31. The lowest BCUT2D eigenvalue weighted by molar-refractivity contribution is -0.117. The van der Waals surface area contributed by atoms with Crippen LogP contribution in [0.25, 0.3) is 0 Å². The van der Waals surface area contributed by atoms with Crippen LogP contribution >= 0.6 is 11.6 Å². The van der Waals surface area contributed by atoms with E-state index in [-0.39, 0.29) is 12.5 Å². The van der Waals surface area contributed by atoms with Crippen molar-refractivity contribution in [3.05, 3.63) is 64.7 Å². The van der Waals surface area contributed by atoms with Gasteiger partial charge < -0.3 is 23.8 Å². The topological polar surface area (TPSA) is 72.8 Å². The number of amides is 1. The number of ether oxygens (including phenoxy) is 4. The molecule has 0 aromatic heterocycles. The smallest absolute Gasteiger partial charge is 0.248 e. The summed E-state index contributed by atoms with van der Waals surface area (Å²) in [6.07, 6.45) is 0. The molecule has 1 amide bonds. The SMILES string of the molecule is COCCOCCN(CCOCCOC)CCN1C(=O)CN=C(c2ccccc2)c2cc(Cl)ccc21. The van der Waals surface area contributed by atoms with E-state index in [0.717, 1.165) is 35.6 Å². The number of carbonyl (C=O) groups is 1. The summed E-state index contributed by atoms with van der Waals surface area (Å²) in [6, 6.07) is 15.5. The number of hydrogen-bond acceptors (Lipinski definition) is 7. The number of benzodiazepines with no additional fused rings is 1. The number of hydrogen-bond donors (Lipinski definition) is 0. The zero-order valence-electron chi connectivity index (χ0n) is 21.2. The van der Waals surface area contributed by atoms with Crippen LogP contribution in [0.1, 0.15) is 11.1 Å². The third kappa shape index (κ3) is 8.65. The van der Waals surface area contributed by atoms with Gasteiger partial charge in [0.2, 0.25) is 5.91 Å². The summed E-state index contributed by atoms with van der Waals surface area (Å²) in [5.74, 6) is -0.0443. The minimum Gasteiger partial charge on any atom is -0.382 e. The molecule has 2 aromatic carbocycles. The number of rotatable bonds is 16. The quantitative estimate of drug-likeness (QED) is 0.318. The maximum Gasteiger partial charge on any atom is 0.248 e. The van der Waals surface area contributed by atoms with Gasteiger partial charge in [0.05, 0.1) is 51.0 Å². The van der Waals surface area contributed by atoms with E-state index in [4.69, 9.17) is 30.5 Å². The number of benzene rings is 2. The van der Waals surface area contributed by atoms with Crippen molar-refractivity contribution >= 4 is 28.9 Å². The second kappa shape index (κ2) is 15.7. The van der Waals surface area contributed by atoms with E-state index in [9.17, 15) is 4.79 Å². The van der Waals surface area contributed by atoms with Gasteiger partial charge in [0.1, 0.15) is 6.54 Å². The van der Waals surface area contributed by atoms with Gasteiger partial charge in [-0.15, -0.1) is 0 Å². The Morgan fingerprint density at radius 1 is 0.889 bits per heavy atom. The Morgan fingerprint density at radius 3 is 2.19 bits per heavy atom. The maximum absolute atomic E-state index is 13.2. The summed E-state index contributed by atoms with van der Waals surface area (Å²) >= 11 is 6.37. The minimum atomic E-state index is -0.0443. The number of carbonyl (C=O) groups excluding carboxylic acids is 1. The van der Waals surface area contributed by atoms with E-state index in [2.05, 4.69) is 9.89 Å². The molecule has 0 atom stereocenters. The Hall–Kier alpha value is -2.33. The predicted octanol–water partition coefficient (Wildman–Crippen LogP) is 3.15. The van der Waals surface area contributed by atoms with Crippen LogP contribution in [0.4, 0.5) is 5.69 Å². The van der Waals surface area contributed by atoms with Crippen LogP contribution in [0.3, 0.4) is 0 Å². The van der Waals surface area contributed by atoms with Crippen molar-refractivity contribution < 1.29 is 23.7 Å². The molecule has 1 aliphatic heterocycles. The molecule has 0 saturated heterocycles. The Labute approximate surface area is 218 Å². The highest BCUT2D eigenvalue weighted by Gasteiger charge is 2.25. The summed E-state index contributed by atoms with van der Waals surface area (Å²) in [5, 5.41) is 0.606. The predicted molar refractivity (Wildman–Crippen MR) is 143 cm³/mol. The first-order chi connectivity index (χ1) is 17.6. The van der Waals surface area contributed by atoms with Gasteiger partial charge in [0.25, 0.3) is 0 Å². The highest BCUT2D eigenvalue weighted by atomic mass is 35.5. The number of anilines is 1. The van der Waals surface area contributed by atoms with Crippen LogP contribution in [0, 0.1) is 0 Å². The molecule has 196 valence electrons. The van der Waals surface area contributed by atoms with Crippen molar-refractivity contribution in [2.75, 3.05) is 91.5 Å². The fourth-order valence-corrected chi connectivity index (χ4v) is 4.10. The largest absolute Gasteiger partial charge is 0.382 e. The second-order valence-electron chi connectivity index (χ2n) is 8.29. The van der Waals surface area contributed by atoms with E-state index < -0.39 is 0 Å². The first-order valence-corrected chi connectivity index (χ1v) is 12.6. The van der Waals surface area contributed by atoms with E-state index >= 15 is 0 Å². The van der Waals surface area contributed by atoms with Crippen LogP contribution in [0.5, 0.6) is 0 Å². The van der Waals surface area contributed by atoms with Gasteiger partial charge in [-0.2, -0.15) is 0 Å². The molecular weight excluding hydrogens is 482 g/mol. The molecule has 2 aromatic rings. The molecule has 9 heteroatoms. The molecule has 0 N–H and O–H groups in total. The van der Waals surface area contributed by atoms with Crippen molar-refractivity contribution in [2.24, 2.45) is 4.99 Å². The lowest BCUT2D eigenvalue weighted by Crippen LogP contribution is -2.42. The summed E-state index contributed by atoms with van der Waals surface area (Å²) in [4.78, 5) is 21.9. The molecule has 0 fully saturated rings. The molecule has 36 heavy (non-hydrogen) atoms. The minimum absolute atomic E-state index is 0.0443. The fourth-order valence-electron chi connectivity index (χ4n) is 3.93. The standard InChI is InChI=1S/C27H36ClN3O5/c1-33-16-18-35-14-12-30(13-15-36-19-17-34-2)10-11-31-25-9-8-23(28)20-24(25)27(29-21-26(31)32)22-6-4-3-5-7-22/h3-9,20H,10-19,21H2,1-2H3. The number of methoxy groups -OCH3 is 2. The Balaban J connectivity index is 1.72. The highest BCUT2D eigenvalue weighted by Crippen LogP contribution is 2.29. The molecule has 0 radical (unpaired) electrons. The van der Waals surface area contributed by atoms with E-state index in [0.29, 0.717) is 57.8 Å². The molecule has 0 unspecified atom stereocenters. The highest BCUT2D eigenvalue weighted by molar-refractivity contribution is 6.32. The summed E-state index contributed by atoms with van der Waals surface area (Å²) < 4.78 is 21.4. The van der Waals surface area contributed by atoms with Crippen molar-refractivity contribution in [1.82, 2.24) is 4.90 Å². The number of halogens is 1. The van der Waals surface area contributed by atoms with E-state index in [1.807, 2.05) is 53.4 Å². The molecule has 0 aliphatic carbocycles. The molecule has 0 saturated carbocycles. The normalized spacial score (nSPS) is 13.6. The number of aliphatic imine (C=N–C) groups is 1. The molecule has 1 heterocycles. The van der Waals surface area contributed by atoms with Crippen LogP contribution < -0.4 is 4.90 Å². The fraction of sp³-hybridized carbons (Fsp3) is 0.481. The number of fused-ring (bicyclic) bond motifs is 1. The Morgan fingerprint density at radius 2 is 1.56 bits per heavy atom. The van der Waals surface area contributed by atoms with E-state index in [1.165, 1.54) is 0 Å². The second-order valence-corrected chi connectivity index (χ2v) is 8.73. The van der Waals surface area contributed by atoms with Crippen LogP contribution in [0.15, 0.2) is 53.5 Å². The van der Waals surface area contributed by atoms with Crippen molar-refractivity contribution in [2.45, 2.75) is 0 Å². The molecular formula is C27H36ClN3O5. The van der Waals surface area contributed by atoms with Crippen molar-refractivity contribution in [1.29, 1.82) is 0 Å². The van der Waals surface area contributed by atoms with Crippen molar-refractivity contribution in [3.8, 4) is 0 Å². The van der Waals surface area contributed by atoms with Gasteiger partial charge in [-0.1, -0.05) is 41.9 Å². The summed E-state index contributed by atoms with van der Waals surface area (Å²) in [5.41, 5.74) is 3.41. The molecule has 3 rings (SSSR count). The van der Waals surface area contributed by atoms with Gasteiger partial charge >= 0.3 is 0 Å². The monoisotopic (exact) mass is 517 g/mol. The zero-order valence-corrected chi connectivity index (χ0v) is 21.9. The van der Waals surface area contributed by atoms with Crippen LogP contribution in [-0.4, -0.2) is 103 Å². The van der Waals surface area contributed by atoms with Gasteiger partial charge in [-0.25, -0.2) is 0 Å². The molecule has 0 bridgehead atoms. The van der Waals surface area contributed by atoms with E-state index in [1.54, 1.807) is 14.2 Å². The average molecular weight is 518 g/mol. The first kappa shape index (κ1) is 28.2. The zero-order chi connectivity index (χ0) is 25.6. The van der Waals surface area contributed by atoms with Gasteiger partial charge in [0.15, 0.2) is 0 Å². The Kier molecular flexibility index (Phi) is 12.3. The molecule has 1 aliphatic rings. The lowest BCUT2D eigenvalue weighted by Gasteiger charge is -2.28. The van der Waals surface area contributed by atoms with Crippen molar-refractivity contribution in [3.63, 3.8) is 0 Å². The lowest BCUT2D eigenvalue weighted by atomic mass is 10.00. The maximum atomic E-state index is 13.2. The average Bonchev–Trinajstić information content (AvgIpc) is 3.02. The van der Waals surface area contributed by atoms with Gasteiger partial charge in [-0.05, 0) is 18.2 Å². The van der Waals surface area contributed by atoms with Gasteiger partial charge in [0, 0.05) is 56.5 Å². The van der Waals surface area contributed by atoms with Crippen LogP contribution in [0.2, 0.25) is 5.02 Å². The Bertz CT molecular complexity index is 959. The first-order valence-electron chi connectivity index (χ1n) is 12.2. The molecule has 0 spiro atoms. The van der Waals surface area contributed by atoms with Crippen LogP contribution in [-0.2, 0) is 23.7 Å². The molecule has 8 nitrogen and oxygen atoms in total. The number of nitrogens with zero attached hydrogens (tertiary/aromatic N) is 3. The third-order valence-electron chi connectivity index (χ3n) is 5.83.